The molecule has 0 spiro atoms. The molecule has 0 aromatic heterocycles. The normalized spacial score (nSPS) is 26.9. The number of thiocarbonyl (C=S) groups is 1. The topological polar surface area (TPSA) is 72.2 Å². The first-order valence-corrected chi connectivity index (χ1v) is 7.35. The highest BCUT2D eigenvalue weighted by Crippen LogP contribution is 2.28. The van der Waals surface area contributed by atoms with Gasteiger partial charge in [0.25, 0.3) is 0 Å². The van der Waals surface area contributed by atoms with Crippen LogP contribution in [0.4, 0.5) is 0 Å². The Kier molecular flexibility index (Phi) is 3.97. The summed E-state index contributed by atoms with van der Waals surface area (Å²) in [6.07, 6.45) is 2.67. The molecule has 0 aliphatic heterocycles. The van der Waals surface area contributed by atoms with Crippen molar-refractivity contribution in [2.45, 2.75) is 50.8 Å². The first-order chi connectivity index (χ1) is 7.15. The van der Waals surface area contributed by atoms with Crippen LogP contribution in [0.25, 0.3) is 0 Å². The maximum Gasteiger partial charge on any atom is 0.216 e. The second kappa shape index (κ2) is 4.58. The quantitative estimate of drug-likeness (QED) is 0.750. The zero-order chi connectivity index (χ0) is 12.6. The highest BCUT2D eigenvalue weighted by Gasteiger charge is 2.37. The third-order valence-electron chi connectivity index (χ3n) is 2.99. The minimum absolute atomic E-state index is 0.00660. The van der Waals surface area contributed by atoms with Gasteiger partial charge in [0.1, 0.15) is 0 Å². The maximum absolute atomic E-state index is 12.0. The summed E-state index contributed by atoms with van der Waals surface area (Å²) in [4.78, 5) is 0.416. The van der Waals surface area contributed by atoms with Gasteiger partial charge in [-0.2, -0.15) is 0 Å². The van der Waals surface area contributed by atoms with Gasteiger partial charge in [-0.05, 0) is 33.6 Å². The van der Waals surface area contributed by atoms with E-state index in [0.717, 1.165) is 19.3 Å². The number of hydrogen-bond acceptors (Lipinski definition) is 3. The molecule has 2 atom stereocenters. The minimum atomic E-state index is -3.31. The molecule has 16 heavy (non-hydrogen) atoms. The zero-order valence-electron chi connectivity index (χ0n) is 9.99. The lowest BCUT2D eigenvalue weighted by Crippen LogP contribution is -2.47. The molecule has 0 radical (unpaired) electrons. The molecule has 0 amide bonds. The van der Waals surface area contributed by atoms with Gasteiger partial charge in [-0.3, -0.25) is 0 Å². The Hall–Kier alpha value is -0.200. The number of hydrogen-bond donors (Lipinski definition) is 2. The van der Waals surface area contributed by atoms with Crippen LogP contribution in [0.1, 0.15) is 40.0 Å². The molecule has 2 unspecified atom stereocenters. The maximum atomic E-state index is 12.0. The van der Waals surface area contributed by atoms with E-state index in [4.69, 9.17) is 18.0 Å². The summed E-state index contributed by atoms with van der Waals surface area (Å²) in [5.74, 6) is 0.00660. The van der Waals surface area contributed by atoms with Crippen molar-refractivity contribution in [3.05, 3.63) is 0 Å². The van der Waals surface area contributed by atoms with Gasteiger partial charge < -0.3 is 5.73 Å². The van der Waals surface area contributed by atoms with E-state index in [-0.39, 0.29) is 12.0 Å². The summed E-state index contributed by atoms with van der Waals surface area (Å²) >= 11 is 4.96. The van der Waals surface area contributed by atoms with Gasteiger partial charge in [0.2, 0.25) is 10.0 Å². The van der Waals surface area contributed by atoms with Gasteiger partial charge in [0.15, 0.2) is 0 Å². The predicted molar refractivity (Wildman–Crippen MR) is 69.7 cm³/mol. The summed E-state index contributed by atoms with van der Waals surface area (Å²) < 4.78 is 25.9. The van der Waals surface area contributed by atoms with Crippen LogP contribution in [0, 0.1) is 5.92 Å². The lowest BCUT2D eigenvalue weighted by molar-refractivity contribution is 0.501. The van der Waals surface area contributed by atoms with Crippen LogP contribution in [0.5, 0.6) is 0 Å². The summed E-state index contributed by atoms with van der Waals surface area (Å²) in [7, 11) is -3.31. The lowest BCUT2D eigenvalue weighted by atomic mass is 10.1. The lowest BCUT2D eigenvalue weighted by Gasteiger charge is -2.26. The Morgan fingerprint density at radius 1 is 1.38 bits per heavy atom. The van der Waals surface area contributed by atoms with Gasteiger partial charge in [-0.15, -0.1) is 0 Å². The van der Waals surface area contributed by atoms with Gasteiger partial charge >= 0.3 is 0 Å². The van der Waals surface area contributed by atoms with Crippen LogP contribution < -0.4 is 10.5 Å². The molecule has 0 aromatic carbocycles. The molecule has 0 saturated heterocycles. The average Bonchev–Trinajstić information content (AvgIpc) is 2.49. The molecule has 6 heteroatoms. The Morgan fingerprint density at radius 3 is 2.38 bits per heavy atom. The van der Waals surface area contributed by atoms with Crippen molar-refractivity contribution in [1.29, 1.82) is 0 Å². The number of rotatable bonds is 3. The van der Waals surface area contributed by atoms with E-state index in [2.05, 4.69) is 4.72 Å². The van der Waals surface area contributed by atoms with Crippen molar-refractivity contribution >= 4 is 27.2 Å². The van der Waals surface area contributed by atoms with Crippen LogP contribution in [0.3, 0.4) is 0 Å². The smallest absolute Gasteiger partial charge is 0.216 e. The van der Waals surface area contributed by atoms with Crippen LogP contribution >= 0.6 is 12.2 Å². The fourth-order valence-corrected chi connectivity index (χ4v) is 3.13. The van der Waals surface area contributed by atoms with Crippen molar-refractivity contribution < 1.29 is 8.42 Å². The van der Waals surface area contributed by atoms with E-state index in [9.17, 15) is 8.42 Å². The minimum Gasteiger partial charge on any atom is -0.393 e. The second-order valence-electron chi connectivity index (χ2n) is 5.28. The van der Waals surface area contributed by atoms with Crippen molar-refractivity contribution in [3.63, 3.8) is 0 Å². The SMILES string of the molecule is CC(C)(C)S(=O)(=O)NC1CCCC1C(N)=S. The second-order valence-corrected chi connectivity index (χ2v) is 8.22. The van der Waals surface area contributed by atoms with Crippen molar-refractivity contribution in [2.75, 3.05) is 0 Å². The van der Waals surface area contributed by atoms with E-state index in [1.54, 1.807) is 20.8 Å². The van der Waals surface area contributed by atoms with Crippen LogP contribution in [0.15, 0.2) is 0 Å². The highest BCUT2D eigenvalue weighted by molar-refractivity contribution is 7.90. The molecule has 1 aliphatic rings. The molecule has 0 aromatic rings. The Labute approximate surface area is 103 Å². The third kappa shape index (κ3) is 2.93. The number of nitrogens with one attached hydrogen (secondary N) is 1. The van der Waals surface area contributed by atoms with Gasteiger partial charge in [-0.1, -0.05) is 18.6 Å². The summed E-state index contributed by atoms with van der Waals surface area (Å²) in [5.41, 5.74) is 5.61. The fraction of sp³-hybridized carbons (Fsp3) is 0.900. The standard InChI is InChI=1S/C10H20N2O2S2/c1-10(2,3)16(13,14)12-8-6-4-5-7(8)9(11)15/h7-8,12H,4-6H2,1-3H3,(H2,11,15). The molecule has 1 aliphatic carbocycles. The van der Waals surface area contributed by atoms with Gasteiger partial charge in [0, 0.05) is 12.0 Å². The molecule has 1 rings (SSSR count). The van der Waals surface area contributed by atoms with Crippen molar-refractivity contribution in [3.8, 4) is 0 Å². The average molecular weight is 264 g/mol. The van der Waals surface area contributed by atoms with E-state index in [0.29, 0.717) is 4.99 Å². The molecule has 1 saturated carbocycles. The van der Waals surface area contributed by atoms with Gasteiger partial charge in [0.05, 0.1) is 9.74 Å². The molecular formula is C10H20N2O2S2. The summed E-state index contributed by atoms with van der Waals surface area (Å²) in [6.45, 7) is 5.04. The summed E-state index contributed by atoms with van der Waals surface area (Å²) in [5, 5.41) is 0. The van der Waals surface area contributed by atoms with Gasteiger partial charge in [-0.25, -0.2) is 13.1 Å². The van der Waals surface area contributed by atoms with E-state index < -0.39 is 14.8 Å². The molecule has 4 nitrogen and oxygen atoms in total. The number of sulfonamides is 1. The van der Waals surface area contributed by atoms with Crippen LogP contribution in [-0.2, 0) is 10.0 Å². The van der Waals surface area contributed by atoms with Crippen molar-refractivity contribution in [1.82, 2.24) is 4.72 Å². The highest BCUT2D eigenvalue weighted by atomic mass is 32.2. The molecule has 3 N–H and O–H groups in total. The molecular weight excluding hydrogens is 244 g/mol. The zero-order valence-corrected chi connectivity index (χ0v) is 11.6. The van der Waals surface area contributed by atoms with Crippen molar-refractivity contribution in [2.24, 2.45) is 11.7 Å². The predicted octanol–water partition coefficient (Wildman–Crippen LogP) is 1.16. The van der Waals surface area contributed by atoms with E-state index in [1.807, 2.05) is 0 Å². The van der Waals surface area contributed by atoms with Crippen LogP contribution in [-0.4, -0.2) is 24.2 Å². The third-order valence-corrected chi connectivity index (χ3v) is 5.52. The van der Waals surface area contributed by atoms with E-state index in [1.165, 1.54) is 0 Å². The molecule has 94 valence electrons. The number of nitrogens with two attached hydrogens (primary N) is 1. The Morgan fingerprint density at radius 2 is 1.94 bits per heavy atom. The summed E-state index contributed by atoms with van der Waals surface area (Å²) in [6, 6.07) is -0.123. The molecule has 1 fully saturated rings. The molecule has 0 heterocycles. The van der Waals surface area contributed by atoms with E-state index >= 15 is 0 Å². The fourth-order valence-electron chi connectivity index (χ4n) is 1.82. The Balaban J connectivity index is 2.79. The molecule has 0 bridgehead atoms. The first-order valence-electron chi connectivity index (χ1n) is 5.46. The largest absolute Gasteiger partial charge is 0.393 e. The first kappa shape index (κ1) is 13.9. The monoisotopic (exact) mass is 264 g/mol. The van der Waals surface area contributed by atoms with Crippen LogP contribution in [0.2, 0.25) is 0 Å². The Bertz CT molecular complexity index is 371.